The molecule has 5 heteroatoms. The van der Waals surface area contributed by atoms with Crippen molar-refractivity contribution in [3.8, 4) is 0 Å². The van der Waals surface area contributed by atoms with E-state index in [4.69, 9.17) is 16.3 Å². The molecule has 1 aliphatic rings. The van der Waals surface area contributed by atoms with Crippen LogP contribution in [0.15, 0.2) is 0 Å². The van der Waals surface area contributed by atoms with Gasteiger partial charge in [0, 0.05) is 11.5 Å². The number of hydrogen-bond donors (Lipinski definition) is 0. The third kappa shape index (κ3) is 3.13. The van der Waals surface area contributed by atoms with Gasteiger partial charge in [0.15, 0.2) is 0 Å². The lowest BCUT2D eigenvalue weighted by Gasteiger charge is -2.25. The Balaban J connectivity index is 1.77. The molecule has 0 radical (unpaired) electrons. The predicted molar refractivity (Wildman–Crippen MR) is 61.1 cm³/mol. The lowest BCUT2D eigenvalue weighted by Crippen LogP contribution is -2.20. The Morgan fingerprint density at radius 1 is 1.40 bits per heavy atom. The number of aromatic nitrogens is 2. The third-order valence-corrected chi connectivity index (χ3v) is 3.91. The summed E-state index contributed by atoms with van der Waals surface area (Å²) in [5, 5.41) is 3.93. The van der Waals surface area contributed by atoms with Gasteiger partial charge in [0.05, 0.1) is 12.7 Å². The van der Waals surface area contributed by atoms with Crippen LogP contribution in [0.2, 0.25) is 4.34 Å². The molecule has 0 N–H and O–H groups in total. The van der Waals surface area contributed by atoms with Crippen molar-refractivity contribution in [1.82, 2.24) is 9.59 Å². The van der Waals surface area contributed by atoms with Crippen molar-refractivity contribution in [1.29, 1.82) is 0 Å². The fourth-order valence-corrected chi connectivity index (χ4v) is 2.48. The molecule has 0 amide bonds. The van der Waals surface area contributed by atoms with Gasteiger partial charge in [-0.15, -0.1) is 5.10 Å². The summed E-state index contributed by atoms with van der Waals surface area (Å²) in [6.07, 6.45) is 5.26. The molecular formula is C10H15ClN2OS. The number of halogens is 1. The highest BCUT2D eigenvalue weighted by Crippen LogP contribution is 2.27. The van der Waals surface area contributed by atoms with Crippen molar-refractivity contribution in [3.63, 3.8) is 0 Å². The second-order valence-electron chi connectivity index (χ2n) is 4.19. The Bertz CT molecular complexity index is 310. The van der Waals surface area contributed by atoms with Gasteiger partial charge in [-0.05, 0) is 31.6 Å². The molecule has 1 saturated carbocycles. The first-order valence-corrected chi connectivity index (χ1v) is 6.49. The number of hydrogen-bond acceptors (Lipinski definition) is 4. The van der Waals surface area contributed by atoms with E-state index in [1.807, 2.05) is 0 Å². The van der Waals surface area contributed by atoms with E-state index < -0.39 is 0 Å². The molecule has 0 unspecified atom stereocenters. The summed E-state index contributed by atoms with van der Waals surface area (Å²) in [7, 11) is 0. The average molecular weight is 247 g/mol. The van der Waals surface area contributed by atoms with E-state index in [-0.39, 0.29) is 0 Å². The maximum atomic E-state index is 5.89. The average Bonchev–Trinajstić information content (AvgIpc) is 2.63. The largest absolute Gasteiger partial charge is 0.372 e. The molecule has 0 spiro atoms. The van der Waals surface area contributed by atoms with Crippen molar-refractivity contribution in [2.24, 2.45) is 5.92 Å². The molecule has 1 fully saturated rings. The molecule has 0 bridgehead atoms. The van der Waals surface area contributed by atoms with E-state index in [9.17, 15) is 0 Å². The fraction of sp³-hybridized carbons (Fsp3) is 0.800. The minimum Gasteiger partial charge on any atom is -0.372 e. The fourth-order valence-electron chi connectivity index (χ4n) is 1.88. The van der Waals surface area contributed by atoms with Gasteiger partial charge in [0.2, 0.25) is 0 Å². The van der Waals surface area contributed by atoms with Crippen molar-refractivity contribution in [2.75, 3.05) is 0 Å². The van der Waals surface area contributed by atoms with E-state index in [0.717, 1.165) is 24.5 Å². The zero-order valence-electron chi connectivity index (χ0n) is 8.78. The van der Waals surface area contributed by atoms with E-state index in [1.54, 1.807) is 0 Å². The molecule has 3 nitrogen and oxygen atoms in total. The van der Waals surface area contributed by atoms with Crippen LogP contribution in [0, 0.1) is 5.92 Å². The number of ether oxygens (including phenoxy) is 1. The van der Waals surface area contributed by atoms with E-state index in [0.29, 0.717) is 17.0 Å². The Morgan fingerprint density at radius 3 is 2.73 bits per heavy atom. The number of rotatable bonds is 3. The Labute approximate surface area is 99.0 Å². The van der Waals surface area contributed by atoms with Crippen LogP contribution < -0.4 is 0 Å². The van der Waals surface area contributed by atoms with Crippen LogP contribution in [-0.2, 0) is 11.3 Å². The summed E-state index contributed by atoms with van der Waals surface area (Å²) < 4.78 is 10.2. The SMILES string of the molecule is CC1CCC(OCc2nnsc2Cl)CC1. The minimum absolute atomic E-state index is 0.388. The molecule has 0 saturated heterocycles. The molecule has 1 aromatic heterocycles. The summed E-state index contributed by atoms with van der Waals surface area (Å²) in [4.78, 5) is 0. The van der Waals surface area contributed by atoms with Crippen molar-refractivity contribution >= 4 is 23.1 Å². The van der Waals surface area contributed by atoms with E-state index in [2.05, 4.69) is 16.5 Å². The lowest BCUT2D eigenvalue weighted by atomic mass is 9.89. The highest BCUT2D eigenvalue weighted by Gasteiger charge is 2.19. The van der Waals surface area contributed by atoms with E-state index in [1.165, 1.54) is 24.4 Å². The predicted octanol–water partition coefficient (Wildman–Crippen LogP) is 3.29. The lowest BCUT2D eigenvalue weighted by molar-refractivity contribution is 0.00731. The molecule has 1 aromatic rings. The first-order chi connectivity index (χ1) is 7.25. The van der Waals surface area contributed by atoms with Crippen LogP contribution in [0.25, 0.3) is 0 Å². The van der Waals surface area contributed by atoms with Crippen molar-refractivity contribution < 1.29 is 4.74 Å². The van der Waals surface area contributed by atoms with Crippen LogP contribution in [-0.4, -0.2) is 15.7 Å². The van der Waals surface area contributed by atoms with Gasteiger partial charge in [-0.3, -0.25) is 0 Å². The minimum atomic E-state index is 0.388. The highest BCUT2D eigenvalue weighted by atomic mass is 35.5. The summed E-state index contributed by atoms with van der Waals surface area (Å²) in [5.74, 6) is 0.856. The maximum Gasteiger partial charge on any atom is 0.139 e. The van der Waals surface area contributed by atoms with Gasteiger partial charge in [0.25, 0.3) is 0 Å². The molecule has 0 aromatic carbocycles. The standard InChI is InChI=1S/C10H15ClN2OS/c1-7-2-4-8(5-3-7)14-6-9-10(11)15-13-12-9/h7-8H,2-6H2,1H3. The topological polar surface area (TPSA) is 35.0 Å². The molecule has 2 rings (SSSR count). The van der Waals surface area contributed by atoms with Crippen molar-refractivity contribution in [2.45, 2.75) is 45.3 Å². The second-order valence-corrected chi connectivity index (χ2v) is 5.54. The van der Waals surface area contributed by atoms with Crippen LogP contribution in [0.5, 0.6) is 0 Å². The Morgan fingerprint density at radius 2 is 2.13 bits per heavy atom. The van der Waals surface area contributed by atoms with E-state index >= 15 is 0 Å². The first-order valence-electron chi connectivity index (χ1n) is 5.34. The molecule has 0 atom stereocenters. The van der Waals surface area contributed by atoms with Crippen LogP contribution in [0.4, 0.5) is 0 Å². The zero-order valence-corrected chi connectivity index (χ0v) is 10.4. The van der Waals surface area contributed by atoms with Crippen molar-refractivity contribution in [3.05, 3.63) is 10.0 Å². The molecule has 0 aliphatic heterocycles. The van der Waals surface area contributed by atoms with Gasteiger partial charge in [-0.1, -0.05) is 23.0 Å². The molecule has 15 heavy (non-hydrogen) atoms. The Kier molecular flexibility index (Phi) is 3.94. The van der Waals surface area contributed by atoms with Gasteiger partial charge < -0.3 is 4.74 Å². The monoisotopic (exact) mass is 246 g/mol. The van der Waals surface area contributed by atoms with Crippen LogP contribution >= 0.6 is 23.1 Å². The number of nitrogens with zero attached hydrogens (tertiary/aromatic N) is 2. The normalized spacial score (nSPS) is 26.8. The summed E-state index contributed by atoms with van der Waals surface area (Å²) in [6, 6.07) is 0. The van der Waals surface area contributed by atoms with Crippen LogP contribution in [0.1, 0.15) is 38.3 Å². The first kappa shape index (κ1) is 11.3. The van der Waals surface area contributed by atoms with Crippen LogP contribution in [0.3, 0.4) is 0 Å². The quantitative estimate of drug-likeness (QED) is 0.821. The Hall–Kier alpha value is -0.190. The maximum absolute atomic E-state index is 5.89. The smallest absolute Gasteiger partial charge is 0.139 e. The van der Waals surface area contributed by atoms with Gasteiger partial charge in [-0.25, -0.2) is 0 Å². The zero-order chi connectivity index (χ0) is 10.7. The second kappa shape index (κ2) is 5.23. The van der Waals surface area contributed by atoms with Gasteiger partial charge in [0.1, 0.15) is 10.0 Å². The summed E-state index contributed by atoms with van der Waals surface area (Å²) >= 11 is 7.11. The van der Waals surface area contributed by atoms with Gasteiger partial charge in [-0.2, -0.15) is 0 Å². The third-order valence-electron chi connectivity index (χ3n) is 2.93. The molecular weight excluding hydrogens is 232 g/mol. The summed E-state index contributed by atoms with van der Waals surface area (Å²) in [6.45, 7) is 2.81. The highest BCUT2D eigenvalue weighted by molar-refractivity contribution is 7.10. The summed E-state index contributed by atoms with van der Waals surface area (Å²) in [5.41, 5.74) is 0.778. The molecule has 1 heterocycles. The molecule has 84 valence electrons. The molecule has 1 aliphatic carbocycles. The van der Waals surface area contributed by atoms with Gasteiger partial charge >= 0.3 is 0 Å².